The van der Waals surface area contributed by atoms with Gasteiger partial charge in [-0.25, -0.2) is 26.3 Å². The summed E-state index contributed by atoms with van der Waals surface area (Å²) >= 11 is 6.05. The highest BCUT2D eigenvalue weighted by Gasteiger charge is 2.52. The van der Waals surface area contributed by atoms with Crippen LogP contribution in [0.5, 0.6) is 17.2 Å². The third-order valence-electron chi connectivity index (χ3n) is 18.6. The third-order valence-corrected chi connectivity index (χ3v) is 21.7. The summed E-state index contributed by atoms with van der Waals surface area (Å²) in [6.07, 6.45) is 8.08. The Morgan fingerprint density at radius 3 is 1.47 bits per heavy atom. The lowest BCUT2D eigenvalue weighted by Gasteiger charge is -2.36. The molecular formula is C76H86ClN7O12S2. The number of aromatic nitrogens is 1. The van der Waals surface area contributed by atoms with Gasteiger partial charge in [0.05, 0.1) is 33.1 Å². The summed E-state index contributed by atoms with van der Waals surface area (Å²) in [5.74, 6) is 1.80. The fourth-order valence-electron chi connectivity index (χ4n) is 12.7. The summed E-state index contributed by atoms with van der Waals surface area (Å²) in [4.78, 5) is 56.7. The van der Waals surface area contributed by atoms with Crippen LogP contribution in [0.4, 0.5) is 17.1 Å². The van der Waals surface area contributed by atoms with Gasteiger partial charge in [-0.05, 0) is 213 Å². The SMILES string of the molecule is CNC(=O)c1ccc(-c2cc(NC(=O)C3(c4ccc5c(c4)OCO5)CC3)ccc2C)cn1.CNS(=O)(=O)c1ccc(-c2cccc(NC(=O)C3(c4ccc(Cl)cc4)CCCC3)c2)cc1.CNS(=O)(=O)c1ccc(-c2cccc(NC(=O)C3(c4ccc(OC)cc4)CCOCC3)c2)cc1.[HH].[HH].[HH].[HH].[HH]. The molecule has 0 bridgehead atoms. The van der Waals surface area contributed by atoms with Gasteiger partial charge in [0.2, 0.25) is 44.6 Å². The normalized spacial score (nSPS) is 15.4. The number of halogens is 1. The first kappa shape index (κ1) is 69.6. The molecule has 1 aromatic heterocycles. The summed E-state index contributed by atoms with van der Waals surface area (Å²) in [5.41, 5.74) is 9.91. The largest absolute Gasteiger partial charge is 0.497 e. The minimum atomic E-state index is -3.50. The molecule has 0 radical (unpaired) electrons. The average molecular weight is 1390 g/mol. The zero-order valence-corrected chi connectivity index (χ0v) is 57.3. The van der Waals surface area contributed by atoms with E-state index in [9.17, 15) is 36.0 Å². The van der Waals surface area contributed by atoms with Crippen LogP contribution in [0.3, 0.4) is 0 Å². The van der Waals surface area contributed by atoms with Crippen LogP contribution in [0.15, 0.2) is 210 Å². The molecule has 4 amide bonds. The number of rotatable bonds is 18. The molecule has 3 heterocycles. The maximum Gasteiger partial charge on any atom is 0.269 e. The predicted molar refractivity (Wildman–Crippen MR) is 390 cm³/mol. The molecule has 0 atom stereocenters. The lowest BCUT2D eigenvalue weighted by Crippen LogP contribution is -2.44. The van der Waals surface area contributed by atoms with Crippen LogP contribution in [-0.2, 0) is 55.4 Å². The summed E-state index contributed by atoms with van der Waals surface area (Å²) in [6, 6.07) is 58.7. The van der Waals surface area contributed by atoms with Gasteiger partial charge in [0.15, 0.2) is 11.5 Å². The van der Waals surface area contributed by atoms with Gasteiger partial charge in [0.25, 0.3) is 5.91 Å². The van der Waals surface area contributed by atoms with Gasteiger partial charge in [0, 0.05) is 61.2 Å². The number of nitrogens with one attached hydrogen (secondary N) is 6. The number of pyridine rings is 1. The number of benzene rings is 8. The van der Waals surface area contributed by atoms with Crippen molar-refractivity contribution in [2.45, 2.75) is 84.3 Å². The van der Waals surface area contributed by atoms with Gasteiger partial charge in [0.1, 0.15) is 11.4 Å². The van der Waals surface area contributed by atoms with E-state index < -0.39 is 36.3 Å². The molecule has 0 spiro atoms. The highest BCUT2D eigenvalue weighted by Crippen LogP contribution is 2.51. The maximum absolute atomic E-state index is 13.6. The zero-order valence-electron chi connectivity index (χ0n) is 54.9. The molecule has 8 aromatic carbocycles. The molecule has 2 aliphatic heterocycles. The lowest BCUT2D eigenvalue weighted by atomic mass is 9.73. The first-order valence-corrected chi connectivity index (χ1v) is 35.5. The fraction of sp³-hybridized carbons (Fsp3) is 0.250. The number of amides is 4. The Morgan fingerprint density at radius 1 is 0.500 bits per heavy atom. The van der Waals surface area contributed by atoms with Gasteiger partial charge in [-0.1, -0.05) is 115 Å². The second-order valence-electron chi connectivity index (χ2n) is 24.4. The van der Waals surface area contributed by atoms with Crippen LogP contribution >= 0.6 is 11.6 Å². The van der Waals surface area contributed by atoms with Gasteiger partial charge >= 0.3 is 0 Å². The minimum Gasteiger partial charge on any atom is -0.497 e. The van der Waals surface area contributed by atoms with Crippen LogP contribution in [-0.4, -0.2) is 93.7 Å². The number of hydrogen-bond donors (Lipinski definition) is 6. The first-order chi connectivity index (χ1) is 47.2. The van der Waals surface area contributed by atoms with Crippen molar-refractivity contribution in [3.63, 3.8) is 0 Å². The summed E-state index contributed by atoms with van der Waals surface area (Å²) < 4.78 is 74.2. The number of aryl methyl sites for hydroxylation is 1. The molecule has 1 saturated heterocycles. The summed E-state index contributed by atoms with van der Waals surface area (Å²) in [7, 11) is -1.02. The van der Waals surface area contributed by atoms with Crippen LogP contribution < -0.4 is 44.9 Å². The van der Waals surface area contributed by atoms with E-state index in [0.717, 1.165) is 106 Å². The minimum absolute atomic E-state index is 0. The van der Waals surface area contributed by atoms with E-state index in [-0.39, 0.29) is 47.3 Å². The number of nitrogens with zero attached hydrogens (tertiary/aromatic N) is 1. The molecule has 6 N–H and O–H groups in total. The number of ether oxygens (including phenoxy) is 4. The molecule has 13 rings (SSSR count). The second kappa shape index (κ2) is 29.9. The van der Waals surface area contributed by atoms with E-state index in [0.29, 0.717) is 59.6 Å². The molecule has 0 unspecified atom stereocenters. The Balaban J connectivity index is 0.000000237. The van der Waals surface area contributed by atoms with E-state index in [1.165, 1.54) is 14.1 Å². The second-order valence-corrected chi connectivity index (χ2v) is 28.6. The van der Waals surface area contributed by atoms with Crippen molar-refractivity contribution in [1.82, 2.24) is 19.7 Å². The van der Waals surface area contributed by atoms with Gasteiger partial charge < -0.3 is 40.2 Å². The van der Waals surface area contributed by atoms with Crippen molar-refractivity contribution in [2.24, 2.45) is 0 Å². The summed E-state index contributed by atoms with van der Waals surface area (Å²) in [5, 5.41) is 12.5. The van der Waals surface area contributed by atoms with E-state index in [1.54, 1.807) is 75.0 Å². The Kier molecular flexibility index (Phi) is 21.3. The van der Waals surface area contributed by atoms with Gasteiger partial charge in [-0.2, -0.15) is 0 Å². The fourth-order valence-corrected chi connectivity index (χ4v) is 14.2. The number of methoxy groups -OCH3 is 1. The van der Waals surface area contributed by atoms with Crippen molar-refractivity contribution >= 4 is 72.3 Å². The first-order valence-electron chi connectivity index (χ1n) is 32.1. The Hall–Kier alpha value is -9.74. The highest BCUT2D eigenvalue weighted by atomic mass is 35.5. The number of sulfonamides is 2. The van der Waals surface area contributed by atoms with E-state index >= 15 is 0 Å². The number of hydrogen-bond acceptors (Lipinski definition) is 13. The average Bonchev–Trinajstić information content (AvgIpc) is 1.59. The summed E-state index contributed by atoms with van der Waals surface area (Å²) in [6.45, 7) is 3.24. The molecule has 3 fully saturated rings. The molecular weight excluding hydrogens is 1300 g/mol. The Labute approximate surface area is 583 Å². The molecule has 9 aromatic rings. The van der Waals surface area contributed by atoms with Crippen LogP contribution in [0, 0.1) is 6.92 Å². The van der Waals surface area contributed by atoms with Gasteiger partial charge in [-0.15, -0.1) is 0 Å². The quantitative estimate of drug-likeness (QED) is 0.0468. The lowest BCUT2D eigenvalue weighted by molar-refractivity contribution is -0.125. The van der Waals surface area contributed by atoms with Crippen molar-refractivity contribution in [3.05, 3.63) is 233 Å². The smallest absolute Gasteiger partial charge is 0.269 e. The highest BCUT2D eigenvalue weighted by molar-refractivity contribution is 7.89. The van der Waals surface area contributed by atoms with Crippen molar-refractivity contribution in [2.75, 3.05) is 64.2 Å². The van der Waals surface area contributed by atoms with Crippen molar-refractivity contribution in [3.8, 4) is 50.6 Å². The number of carbonyl (C=O) groups excluding carboxylic acids is 4. The topological polar surface area (TPSA) is 259 Å². The standard InChI is InChI=1S/C26H28N2O5S.C25H25ClN2O3S.C25H23N3O4.5H2/c1-27-34(30,31)24-12-6-19(7-13-24)20-4-3-5-22(18-20)28-25(29)26(14-16-33-17-15-26)21-8-10-23(32-2)11-9-21;1-27-32(30,31)23-13-7-18(8-14-23)19-5-4-6-22(17-19)28-24(29)25(15-2-3-16-25)20-9-11-21(26)12-10-20;1-15-3-6-18(12-19(15)16-4-7-20(27-13-16)23(29)26-2)28-24(30)25(9-10-25)17-5-8-21-22(11-17)32-14-31-21;;;;;/h3-13,18,27H,14-17H2,1-2H3,(H,28,29);4-14,17,27H,2-3,15-16H2,1H3,(H,28,29);3-8,11-13H,9-10,14H2,1-2H3,(H,26,29)(H,28,30);5*1H. The van der Waals surface area contributed by atoms with Gasteiger partial charge in [-0.3, -0.25) is 24.2 Å². The molecule has 98 heavy (non-hydrogen) atoms. The van der Waals surface area contributed by atoms with E-state index in [2.05, 4.69) is 35.7 Å². The Bertz CT molecular complexity index is 4650. The van der Waals surface area contributed by atoms with Crippen LogP contribution in [0.25, 0.3) is 33.4 Å². The maximum atomic E-state index is 13.6. The van der Waals surface area contributed by atoms with E-state index in [4.69, 9.17) is 30.5 Å². The van der Waals surface area contributed by atoms with E-state index in [1.807, 2.05) is 146 Å². The molecule has 22 heteroatoms. The zero-order chi connectivity index (χ0) is 69.2. The molecule has 2 aliphatic carbocycles. The van der Waals surface area contributed by atoms with Crippen molar-refractivity contribution < 1.29 is 62.1 Å². The number of fused-ring (bicyclic) bond motifs is 1. The third kappa shape index (κ3) is 15.3. The molecule has 516 valence electrons. The number of anilines is 3. The Morgan fingerprint density at radius 2 is 0.980 bits per heavy atom. The molecule has 19 nitrogen and oxygen atoms in total. The van der Waals surface area contributed by atoms with Crippen LogP contribution in [0.2, 0.25) is 5.02 Å². The number of carbonyl (C=O) groups is 4. The monoisotopic (exact) mass is 1390 g/mol. The van der Waals surface area contributed by atoms with Crippen molar-refractivity contribution in [1.29, 1.82) is 0 Å². The van der Waals surface area contributed by atoms with Crippen LogP contribution in [0.1, 0.15) is 91.2 Å². The molecule has 2 saturated carbocycles. The molecule has 4 aliphatic rings. The predicted octanol–water partition coefficient (Wildman–Crippen LogP) is 14.4.